The van der Waals surface area contributed by atoms with Crippen LogP contribution in [0.3, 0.4) is 0 Å². The van der Waals surface area contributed by atoms with E-state index in [-0.39, 0.29) is 5.88 Å². The van der Waals surface area contributed by atoms with Gasteiger partial charge in [0.05, 0.1) is 12.1 Å². The number of fused-ring (bicyclic) bond motifs is 1. The third-order valence-corrected chi connectivity index (χ3v) is 1.69. The van der Waals surface area contributed by atoms with E-state index in [0.717, 1.165) is 24.3 Å². The second kappa shape index (κ2) is 4.73. The molecule has 5 N–H and O–H groups in total. The number of aromatic nitrogens is 1. The molecule has 0 atom stereocenters. The molecule has 0 bridgehead atoms. The molecule has 2 heterocycles. The fourth-order valence-corrected chi connectivity index (χ4v) is 1.14. The molecule has 2 rings (SSSR count). The van der Waals surface area contributed by atoms with E-state index in [9.17, 15) is 0 Å². The summed E-state index contributed by atoms with van der Waals surface area (Å²) in [7, 11) is -4.64. The largest absolute Gasteiger partial charge is 0.491 e. The zero-order valence-corrected chi connectivity index (χ0v) is 8.52. The molecule has 1 aromatic heterocycles. The van der Waals surface area contributed by atoms with Crippen LogP contribution < -0.4 is 5.32 Å². The van der Waals surface area contributed by atoms with Gasteiger partial charge in [0.2, 0.25) is 0 Å². The van der Waals surface area contributed by atoms with Crippen molar-refractivity contribution in [3.63, 3.8) is 0 Å². The second-order valence-corrected chi connectivity index (χ2v) is 3.87. The van der Waals surface area contributed by atoms with Crippen molar-refractivity contribution >= 4 is 7.82 Å². The summed E-state index contributed by atoms with van der Waals surface area (Å²) in [5, 5.41) is 15.6. The first-order chi connectivity index (χ1) is 6.88. The average molecular weight is 238 g/mol. The quantitative estimate of drug-likeness (QED) is 0.367. The summed E-state index contributed by atoms with van der Waals surface area (Å²) in [6.07, 6.45) is 0.810. The van der Waals surface area contributed by atoms with Gasteiger partial charge in [-0.1, -0.05) is 0 Å². The predicted octanol–water partition coefficient (Wildman–Crippen LogP) is -0.903. The lowest BCUT2D eigenvalue weighted by molar-refractivity contribution is 0.275. The molecule has 0 saturated heterocycles. The van der Waals surface area contributed by atoms with Crippen LogP contribution in [-0.2, 0) is 17.5 Å². The Morgan fingerprint density at radius 1 is 1.40 bits per heavy atom. The number of phosphoric acid groups is 1. The molecule has 0 unspecified atom stereocenters. The SMILES string of the molecule is O=P(O)(O)O.Oc1noc2c1CCNC2. The summed E-state index contributed by atoms with van der Waals surface area (Å²) < 4.78 is 13.7. The average Bonchev–Trinajstić information content (AvgIpc) is 2.46. The highest BCUT2D eigenvalue weighted by Gasteiger charge is 2.17. The number of rotatable bonds is 0. The number of hydrogen-bond acceptors (Lipinski definition) is 5. The van der Waals surface area contributed by atoms with Gasteiger partial charge in [0, 0.05) is 0 Å². The Kier molecular flexibility index (Phi) is 3.83. The van der Waals surface area contributed by atoms with Crippen LogP contribution >= 0.6 is 7.82 Å². The third-order valence-electron chi connectivity index (χ3n) is 1.69. The van der Waals surface area contributed by atoms with Crippen molar-refractivity contribution in [2.75, 3.05) is 6.54 Å². The molecule has 0 radical (unpaired) electrons. The number of aromatic hydroxyl groups is 1. The van der Waals surface area contributed by atoms with Gasteiger partial charge in [-0.05, 0) is 18.1 Å². The number of hydrogen-bond donors (Lipinski definition) is 5. The van der Waals surface area contributed by atoms with Crippen LogP contribution in [0.5, 0.6) is 5.88 Å². The molecule has 0 saturated carbocycles. The van der Waals surface area contributed by atoms with Crippen molar-refractivity contribution in [1.82, 2.24) is 10.5 Å². The lowest BCUT2D eigenvalue weighted by Crippen LogP contribution is -2.22. The maximum Gasteiger partial charge on any atom is 0.466 e. The van der Waals surface area contributed by atoms with E-state index < -0.39 is 7.82 Å². The second-order valence-electron chi connectivity index (χ2n) is 2.85. The van der Waals surface area contributed by atoms with Crippen LogP contribution in [0.4, 0.5) is 0 Å². The van der Waals surface area contributed by atoms with Gasteiger partial charge in [-0.2, -0.15) is 0 Å². The molecule has 0 fully saturated rings. The van der Waals surface area contributed by atoms with Crippen LogP contribution in [0, 0.1) is 0 Å². The smallest absolute Gasteiger partial charge is 0.466 e. The van der Waals surface area contributed by atoms with Crippen LogP contribution in [0.25, 0.3) is 0 Å². The summed E-state index contributed by atoms with van der Waals surface area (Å²) in [6.45, 7) is 1.57. The zero-order chi connectivity index (χ0) is 11.5. The van der Waals surface area contributed by atoms with Crippen LogP contribution in [0.15, 0.2) is 4.52 Å². The first-order valence-electron chi connectivity index (χ1n) is 4.03. The molecule has 8 nitrogen and oxygen atoms in total. The minimum Gasteiger partial charge on any atom is -0.491 e. The van der Waals surface area contributed by atoms with Crippen molar-refractivity contribution in [2.24, 2.45) is 0 Å². The fourth-order valence-electron chi connectivity index (χ4n) is 1.14. The number of nitrogens with zero attached hydrogens (tertiary/aromatic N) is 1. The van der Waals surface area contributed by atoms with E-state index in [4.69, 9.17) is 28.9 Å². The Morgan fingerprint density at radius 3 is 2.53 bits per heavy atom. The number of nitrogens with one attached hydrogen (secondary N) is 1. The van der Waals surface area contributed by atoms with Crippen LogP contribution in [0.2, 0.25) is 0 Å². The summed E-state index contributed by atoms with van der Waals surface area (Å²) in [5.41, 5.74) is 0.860. The van der Waals surface area contributed by atoms with Gasteiger partial charge in [0.15, 0.2) is 5.76 Å². The van der Waals surface area contributed by atoms with Gasteiger partial charge >= 0.3 is 7.82 Å². The monoisotopic (exact) mass is 238 g/mol. The van der Waals surface area contributed by atoms with Crippen molar-refractivity contribution in [1.29, 1.82) is 0 Å². The Hall–Kier alpha value is -0.920. The molecular weight excluding hydrogens is 227 g/mol. The predicted molar refractivity (Wildman–Crippen MR) is 47.8 cm³/mol. The Balaban J connectivity index is 0.000000195. The maximum atomic E-state index is 9.06. The summed E-state index contributed by atoms with van der Waals surface area (Å²) in [4.78, 5) is 21.6. The lowest BCUT2D eigenvalue weighted by atomic mass is 10.1. The van der Waals surface area contributed by atoms with Gasteiger partial charge in [-0.15, -0.1) is 0 Å². The standard InChI is InChI=1S/C6H8N2O2.H3O4P/c9-6-4-1-2-7-3-5(4)10-8-6;1-5(2,3)4/h7H,1-3H2,(H,8,9);(H3,1,2,3,4). The van der Waals surface area contributed by atoms with E-state index in [0.29, 0.717) is 6.54 Å². The van der Waals surface area contributed by atoms with E-state index in [2.05, 4.69) is 10.5 Å². The molecule has 0 aliphatic carbocycles. The fraction of sp³-hybridized carbons (Fsp3) is 0.500. The summed E-state index contributed by atoms with van der Waals surface area (Å²) in [6, 6.07) is 0. The summed E-state index contributed by atoms with van der Waals surface area (Å²) in [5.74, 6) is 0.820. The maximum absolute atomic E-state index is 9.06. The molecule has 15 heavy (non-hydrogen) atoms. The Morgan fingerprint density at radius 2 is 2.00 bits per heavy atom. The third kappa shape index (κ3) is 4.41. The van der Waals surface area contributed by atoms with Crippen molar-refractivity contribution in [3.05, 3.63) is 11.3 Å². The van der Waals surface area contributed by atoms with E-state index in [1.165, 1.54) is 0 Å². The van der Waals surface area contributed by atoms with E-state index >= 15 is 0 Å². The van der Waals surface area contributed by atoms with E-state index in [1.807, 2.05) is 0 Å². The van der Waals surface area contributed by atoms with Crippen molar-refractivity contribution < 1.29 is 28.9 Å². The topological polar surface area (TPSA) is 136 Å². The molecule has 0 amide bonds. The van der Waals surface area contributed by atoms with Gasteiger partial charge in [0.1, 0.15) is 0 Å². The van der Waals surface area contributed by atoms with Crippen LogP contribution in [0.1, 0.15) is 11.3 Å². The minimum atomic E-state index is -4.64. The zero-order valence-electron chi connectivity index (χ0n) is 7.62. The van der Waals surface area contributed by atoms with Crippen molar-refractivity contribution in [3.8, 4) is 5.88 Å². The molecule has 9 heteroatoms. The first-order valence-corrected chi connectivity index (χ1v) is 5.60. The Labute approximate surface area is 84.8 Å². The molecule has 1 aromatic rings. The van der Waals surface area contributed by atoms with Gasteiger partial charge in [0.25, 0.3) is 5.88 Å². The summed E-state index contributed by atoms with van der Waals surface area (Å²) >= 11 is 0. The lowest BCUT2D eigenvalue weighted by Gasteiger charge is -2.08. The normalized spacial score (nSPS) is 15.1. The van der Waals surface area contributed by atoms with Gasteiger partial charge in [-0.25, -0.2) is 4.57 Å². The molecule has 1 aliphatic heterocycles. The van der Waals surface area contributed by atoms with Crippen LogP contribution in [-0.4, -0.2) is 31.5 Å². The molecular formula is C6H11N2O6P. The highest BCUT2D eigenvalue weighted by atomic mass is 31.2. The van der Waals surface area contributed by atoms with Crippen molar-refractivity contribution in [2.45, 2.75) is 13.0 Å². The highest BCUT2D eigenvalue weighted by Crippen LogP contribution is 2.25. The molecule has 0 spiro atoms. The van der Waals surface area contributed by atoms with Gasteiger partial charge < -0.3 is 29.6 Å². The highest BCUT2D eigenvalue weighted by molar-refractivity contribution is 7.45. The Bertz CT molecular complexity index is 363. The molecule has 0 aromatic carbocycles. The molecule has 1 aliphatic rings. The molecule has 86 valence electrons. The minimum absolute atomic E-state index is 0.0523. The van der Waals surface area contributed by atoms with E-state index in [1.54, 1.807) is 0 Å². The van der Waals surface area contributed by atoms with Gasteiger partial charge in [-0.3, -0.25) is 0 Å². The first kappa shape index (κ1) is 12.2.